The minimum Gasteiger partial charge on any atom is -0.0622 e. The zero-order valence-corrected chi connectivity index (χ0v) is 28.0. The molecular formula is C51H32. The van der Waals surface area contributed by atoms with E-state index in [9.17, 15) is 0 Å². The quantitative estimate of drug-likeness (QED) is 0.168. The summed E-state index contributed by atoms with van der Waals surface area (Å²) in [6.07, 6.45) is 0. The fourth-order valence-corrected chi connectivity index (χ4v) is 9.57. The van der Waals surface area contributed by atoms with Crippen molar-refractivity contribution in [1.29, 1.82) is 0 Å². The zero-order valence-electron chi connectivity index (χ0n) is 28.0. The predicted octanol–water partition coefficient (Wildman–Crippen LogP) is 13.3. The van der Waals surface area contributed by atoms with Crippen molar-refractivity contribution < 1.29 is 0 Å². The van der Waals surface area contributed by atoms with Crippen molar-refractivity contribution in [3.8, 4) is 55.6 Å². The number of rotatable bonds is 3. The molecule has 0 saturated heterocycles. The molecule has 0 heteroatoms. The fraction of sp³-hybridized carbons (Fsp3) is 0.0196. The first-order valence-electron chi connectivity index (χ1n) is 17.9. The van der Waals surface area contributed by atoms with Gasteiger partial charge in [0.1, 0.15) is 0 Å². The van der Waals surface area contributed by atoms with Gasteiger partial charge in [0.2, 0.25) is 0 Å². The Morgan fingerprint density at radius 1 is 0.235 bits per heavy atom. The molecule has 51 heavy (non-hydrogen) atoms. The van der Waals surface area contributed by atoms with E-state index in [1.807, 2.05) is 0 Å². The first-order valence-corrected chi connectivity index (χ1v) is 17.9. The van der Waals surface area contributed by atoms with Crippen LogP contribution in [0.15, 0.2) is 194 Å². The van der Waals surface area contributed by atoms with Crippen molar-refractivity contribution in [2.45, 2.75) is 5.41 Å². The maximum absolute atomic E-state index is 2.39. The Kier molecular flexibility index (Phi) is 5.97. The lowest BCUT2D eigenvalue weighted by Gasteiger charge is -2.30. The molecule has 0 radical (unpaired) electrons. The Morgan fingerprint density at radius 2 is 0.647 bits per heavy atom. The average Bonchev–Trinajstić information content (AvgIpc) is 3.68. The van der Waals surface area contributed by atoms with Crippen LogP contribution < -0.4 is 0 Å². The van der Waals surface area contributed by atoms with Crippen LogP contribution in [0.25, 0.3) is 77.2 Å². The van der Waals surface area contributed by atoms with E-state index < -0.39 is 0 Å². The summed E-state index contributed by atoms with van der Waals surface area (Å²) in [5.41, 5.74) is 18.0. The van der Waals surface area contributed by atoms with Gasteiger partial charge in [-0.15, -0.1) is 0 Å². The highest BCUT2D eigenvalue weighted by Crippen LogP contribution is 2.64. The van der Waals surface area contributed by atoms with Gasteiger partial charge >= 0.3 is 0 Å². The highest BCUT2D eigenvalue weighted by Gasteiger charge is 2.52. The second-order valence-corrected chi connectivity index (χ2v) is 13.9. The fourth-order valence-electron chi connectivity index (χ4n) is 9.57. The maximum Gasteiger partial charge on any atom is 0.0725 e. The van der Waals surface area contributed by atoms with Crippen molar-refractivity contribution in [3.63, 3.8) is 0 Å². The Morgan fingerprint density at radius 3 is 1.27 bits per heavy atom. The van der Waals surface area contributed by atoms with E-state index >= 15 is 0 Å². The Bertz CT molecular complexity index is 2750. The van der Waals surface area contributed by atoms with Gasteiger partial charge in [0.15, 0.2) is 0 Å². The molecule has 0 aliphatic heterocycles. The standard InChI is InChI=1S/C51H32/c1-2-16-33(17-3-1)34-18-14-19-35(32-34)48-38-22-4-6-24-40(38)49(41-25-7-5-23-39(41)48)43-27-15-31-47-50(43)42-26-10-13-30-46(42)51(47)44-28-11-8-20-36(44)37-21-9-12-29-45(37)51/h1-32H. The Labute approximate surface area is 297 Å². The molecule has 0 atom stereocenters. The summed E-state index contributed by atoms with van der Waals surface area (Å²) in [4.78, 5) is 0. The molecule has 9 aromatic rings. The molecule has 0 bridgehead atoms. The summed E-state index contributed by atoms with van der Waals surface area (Å²) in [5.74, 6) is 0. The molecule has 1 spiro atoms. The molecule has 2 aliphatic rings. The van der Waals surface area contributed by atoms with Crippen LogP contribution in [0.4, 0.5) is 0 Å². The molecule has 0 saturated carbocycles. The van der Waals surface area contributed by atoms with E-state index in [-0.39, 0.29) is 5.41 Å². The van der Waals surface area contributed by atoms with Crippen LogP contribution in [0.2, 0.25) is 0 Å². The third-order valence-electron chi connectivity index (χ3n) is 11.5. The molecule has 0 unspecified atom stereocenters. The van der Waals surface area contributed by atoms with Gasteiger partial charge in [0.25, 0.3) is 0 Å². The molecule has 0 nitrogen and oxygen atoms in total. The van der Waals surface area contributed by atoms with Crippen LogP contribution in [-0.2, 0) is 5.41 Å². The molecule has 2 aliphatic carbocycles. The van der Waals surface area contributed by atoms with Crippen molar-refractivity contribution in [1.82, 2.24) is 0 Å². The van der Waals surface area contributed by atoms with Gasteiger partial charge in [-0.1, -0.05) is 188 Å². The Hall–Kier alpha value is -6.50. The molecule has 0 fully saturated rings. The number of fused-ring (bicyclic) bond motifs is 12. The topological polar surface area (TPSA) is 0 Å². The van der Waals surface area contributed by atoms with Crippen molar-refractivity contribution in [3.05, 3.63) is 216 Å². The van der Waals surface area contributed by atoms with Gasteiger partial charge in [-0.05, 0) is 105 Å². The van der Waals surface area contributed by atoms with Crippen LogP contribution in [0.5, 0.6) is 0 Å². The van der Waals surface area contributed by atoms with E-state index in [1.165, 1.54) is 99.4 Å². The summed E-state index contributed by atoms with van der Waals surface area (Å²) >= 11 is 0. The third-order valence-corrected chi connectivity index (χ3v) is 11.5. The smallest absolute Gasteiger partial charge is 0.0622 e. The molecule has 236 valence electrons. The lowest BCUT2D eigenvalue weighted by Crippen LogP contribution is -2.25. The average molecular weight is 645 g/mol. The molecule has 11 rings (SSSR count). The van der Waals surface area contributed by atoms with Crippen molar-refractivity contribution in [2.24, 2.45) is 0 Å². The number of benzene rings is 9. The van der Waals surface area contributed by atoms with E-state index in [1.54, 1.807) is 0 Å². The van der Waals surface area contributed by atoms with Gasteiger partial charge in [0.05, 0.1) is 5.41 Å². The highest BCUT2D eigenvalue weighted by molar-refractivity contribution is 6.23. The summed E-state index contributed by atoms with van der Waals surface area (Å²) < 4.78 is 0. The van der Waals surface area contributed by atoms with E-state index in [4.69, 9.17) is 0 Å². The van der Waals surface area contributed by atoms with Crippen LogP contribution in [0.1, 0.15) is 22.3 Å². The molecule has 0 amide bonds. The lowest BCUT2D eigenvalue weighted by atomic mass is 9.70. The van der Waals surface area contributed by atoms with Gasteiger partial charge in [0, 0.05) is 0 Å². The monoisotopic (exact) mass is 644 g/mol. The molecule has 0 N–H and O–H groups in total. The van der Waals surface area contributed by atoms with Gasteiger partial charge in [-0.25, -0.2) is 0 Å². The summed E-state index contributed by atoms with van der Waals surface area (Å²) in [7, 11) is 0. The third kappa shape index (κ3) is 3.80. The van der Waals surface area contributed by atoms with Crippen LogP contribution >= 0.6 is 0 Å². The van der Waals surface area contributed by atoms with E-state index in [0.717, 1.165) is 0 Å². The van der Waals surface area contributed by atoms with E-state index in [0.29, 0.717) is 0 Å². The molecular weight excluding hydrogens is 613 g/mol. The SMILES string of the molecule is c1ccc(-c2cccc(-c3c4ccccc4c(-c4cccc5c4-c4ccccc4C54c5ccccc5-c5ccccc54)c4ccccc34)c2)cc1. The van der Waals surface area contributed by atoms with Crippen LogP contribution in [-0.4, -0.2) is 0 Å². The van der Waals surface area contributed by atoms with Crippen molar-refractivity contribution >= 4 is 21.5 Å². The summed E-state index contributed by atoms with van der Waals surface area (Å²) in [5, 5.41) is 5.09. The van der Waals surface area contributed by atoms with E-state index in [2.05, 4.69) is 194 Å². The molecule has 0 heterocycles. The van der Waals surface area contributed by atoms with Gasteiger partial charge < -0.3 is 0 Å². The predicted molar refractivity (Wildman–Crippen MR) is 214 cm³/mol. The number of hydrogen-bond donors (Lipinski definition) is 0. The second kappa shape index (κ2) is 10.7. The molecule has 0 aromatic heterocycles. The first kappa shape index (κ1) is 28.3. The highest BCUT2D eigenvalue weighted by atomic mass is 14.5. The Balaban J connectivity index is 1.24. The molecule has 9 aromatic carbocycles. The van der Waals surface area contributed by atoms with Crippen LogP contribution in [0.3, 0.4) is 0 Å². The lowest BCUT2D eigenvalue weighted by molar-refractivity contribution is 0.794. The number of hydrogen-bond acceptors (Lipinski definition) is 0. The minimum absolute atomic E-state index is 0.376. The second-order valence-electron chi connectivity index (χ2n) is 13.9. The van der Waals surface area contributed by atoms with Crippen LogP contribution in [0, 0.1) is 0 Å². The zero-order chi connectivity index (χ0) is 33.5. The van der Waals surface area contributed by atoms with Crippen molar-refractivity contribution in [2.75, 3.05) is 0 Å². The van der Waals surface area contributed by atoms with Gasteiger partial charge in [-0.2, -0.15) is 0 Å². The first-order chi connectivity index (χ1) is 25.3. The summed E-state index contributed by atoms with van der Waals surface area (Å²) in [6.45, 7) is 0. The normalized spacial score (nSPS) is 13.3. The minimum atomic E-state index is -0.376. The maximum atomic E-state index is 2.39. The van der Waals surface area contributed by atoms with Gasteiger partial charge in [-0.3, -0.25) is 0 Å². The summed E-state index contributed by atoms with van der Waals surface area (Å²) in [6, 6.07) is 72.2. The largest absolute Gasteiger partial charge is 0.0725 e.